The second-order valence-corrected chi connectivity index (χ2v) is 5.38. The third-order valence-electron chi connectivity index (χ3n) is 3.01. The molecule has 0 aliphatic carbocycles. The van der Waals surface area contributed by atoms with Gasteiger partial charge >= 0.3 is 0 Å². The van der Waals surface area contributed by atoms with Crippen molar-refractivity contribution in [1.29, 1.82) is 0 Å². The molecule has 2 heterocycles. The van der Waals surface area contributed by atoms with Crippen LogP contribution in [0, 0.1) is 6.92 Å². The van der Waals surface area contributed by atoms with E-state index in [2.05, 4.69) is 22.2 Å². The largest absolute Gasteiger partial charge is 0.475 e. The molecule has 0 amide bonds. The van der Waals surface area contributed by atoms with Crippen LogP contribution >= 0.6 is 0 Å². The molecule has 2 atom stereocenters. The predicted octanol–water partition coefficient (Wildman–Crippen LogP) is 2.55. The maximum Gasteiger partial charge on any atom is 0.226 e. The third kappa shape index (κ3) is 4.35. The van der Waals surface area contributed by atoms with Crippen LogP contribution in [0.5, 0.6) is 5.88 Å². The summed E-state index contributed by atoms with van der Waals surface area (Å²) in [6.07, 6.45) is 2.38. The standard InChI is InChI=1S/C14H23N3O2/c1-9(2)19-13-7-10(3)15-14(17-13)16-12-5-6-18-11(4)8-12/h7,9,11-12H,5-6,8H2,1-4H3,(H,15,16,17). The number of hydrogen-bond donors (Lipinski definition) is 1. The van der Waals surface area contributed by atoms with Crippen LogP contribution in [0.2, 0.25) is 0 Å². The summed E-state index contributed by atoms with van der Waals surface area (Å²) in [6.45, 7) is 8.82. The zero-order valence-corrected chi connectivity index (χ0v) is 12.1. The van der Waals surface area contributed by atoms with Gasteiger partial charge in [0.15, 0.2) is 0 Å². The van der Waals surface area contributed by atoms with Crippen molar-refractivity contribution in [1.82, 2.24) is 9.97 Å². The van der Waals surface area contributed by atoms with E-state index in [0.29, 0.717) is 24.0 Å². The molecule has 106 valence electrons. The zero-order valence-electron chi connectivity index (χ0n) is 12.1. The van der Waals surface area contributed by atoms with Crippen molar-refractivity contribution >= 4 is 5.95 Å². The Morgan fingerprint density at radius 3 is 2.89 bits per heavy atom. The van der Waals surface area contributed by atoms with Gasteiger partial charge in [0.05, 0.1) is 12.2 Å². The second-order valence-electron chi connectivity index (χ2n) is 5.38. The van der Waals surface area contributed by atoms with Crippen LogP contribution in [-0.4, -0.2) is 34.8 Å². The number of rotatable bonds is 4. The molecule has 1 aromatic rings. The highest BCUT2D eigenvalue weighted by Crippen LogP contribution is 2.19. The van der Waals surface area contributed by atoms with Gasteiger partial charge in [0.1, 0.15) is 0 Å². The van der Waals surface area contributed by atoms with Gasteiger partial charge in [-0.1, -0.05) is 0 Å². The minimum Gasteiger partial charge on any atom is -0.475 e. The molecular formula is C14H23N3O2. The van der Waals surface area contributed by atoms with Gasteiger partial charge in [-0.2, -0.15) is 4.98 Å². The first-order chi connectivity index (χ1) is 9.02. The molecule has 1 fully saturated rings. The number of nitrogens with zero attached hydrogens (tertiary/aromatic N) is 2. The fraction of sp³-hybridized carbons (Fsp3) is 0.714. The molecule has 5 heteroatoms. The topological polar surface area (TPSA) is 56.3 Å². The first-order valence-electron chi connectivity index (χ1n) is 6.93. The lowest BCUT2D eigenvalue weighted by Crippen LogP contribution is -2.33. The molecule has 0 saturated carbocycles. The van der Waals surface area contributed by atoms with Crippen molar-refractivity contribution in [2.24, 2.45) is 0 Å². The fourth-order valence-electron chi connectivity index (χ4n) is 2.22. The number of aryl methyl sites for hydroxylation is 1. The maximum atomic E-state index is 5.63. The molecule has 0 bridgehead atoms. The molecule has 5 nitrogen and oxygen atoms in total. The highest BCUT2D eigenvalue weighted by atomic mass is 16.5. The van der Waals surface area contributed by atoms with Crippen molar-refractivity contribution in [2.45, 2.75) is 58.8 Å². The summed E-state index contributed by atoms with van der Waals surface area (Å²) in [5.41, 5.74) is 0.910. The quantitative estimate of drug-likeness (QED) is 0.906. The van der Waals surface area contributed by atoms with Gasteiger partial charge in [-0.15, -0.1) is 0 Å². The smallest absolute Gasteiger partial charge is 0.226 e. The van der Waals surface area contributed by atoms with E-state index in [1.165, 1.54) is 0 Å². The fourth-order valence-corrected chi connectivity index (χ4v) is 2.22. The van der Waals surface area contributed by atoms with Crippen molar-refractivity contribution in [3.63, 3.8) is 0 Å². The van der Waals surface area contributed by atoms with Crippen LogP contribution in [0.3, 0.4) is 0 Å². The molecule has 19 heavy (non-hydrogen) atoms. The summed E-state index contributed by atoms with van der Waals surface area (Å²) in [6, 6.07) is 2.23. The van der Waals surface area contributed by atoms with E-state index in [1.807, 2.05) is 26.8 Å². The summed E-state index contributed by atoms with van der Waals surface area (Å²) in [5, 5.41) is 3.38. The van der Waals surface area contributed by atoms with Crippen molar-refractivity contribution in [3.05, 3.63) is 11.8 Å². The minimum atomic E-state index is 0.116. The van der Waals surface area contributed by atoms with Crippen LogP contribution < -0.4 is 10.1 Å². The Hall–Kier alpha value is -1.36. The maximum absolute atomic E-state index is 5.63. The van der Waals surface area contributed by atoms with Crippen molar-refractivity contribution < 1.29 is 9.47 Å². The van der Waals surface area contributed by atoms with Crippen LogP contribution in [0.4, 0.5) is 5.95 Å². The van der Waals surface area contributed by atoms with Crippen LogP contribution in [0.15, 0.2) is 6.07 Å². The Morgan fingerprint density at radius 1 is 1.42 bits per heavy atom. The van der Waals surface area contributed by atoms with Gasteiger partial charge in [0, 0.05) is 24.4 Å². The molecule has 1 aromatic heterocycles. The summed E-state index contributed by atoms with van der Waals surface area (Å²) in [7, 11) is 0. The third-order valence-corrected chi connectivity index (χ3v) is 3.01. The molecule has 0 radical (unpaired) electrons. The van der Waals surface area contributed by atoms with E-state index in [9.17, 15) is 0 Å². The van der Waals surface area contributed by atoms with Crippen LogP contribution in [0.25, 0.3) is 0 Å². The first kappa shape index (κ1) is 14.1. The summed E-state index contributed by atoms with van der Waals surface area (Å²) in [4.78, 5) is 8.82. The molecule has 1 aliphatic heterocycles. The van der Waals surface area contributed by atoms with Gasteiger partial charge < -0.3 is 14.8 Å². The van der Waals surface area contributed by atoms with Gasteiger partial charge in [0.25, 0.3) is 0 Å². The van der Waals surface area contributed by atoms with Gasteiger partial charge in [-0.25, -0.2) is 4.98 Å². The van der Waals surface area contributed by atoms with E-state index in [0.717, 1.165) is 25.1 Å². The first-order valence-corrected chi connectivity index (χ1v) is 6.93. The average Bonchev–Trinajstić information content (AvgIpc) is 2.26. The molecule has 1 aliphatic rings. The second kappa shape index (κ2) is 6.19. The minimum absolute atomic E-state index is 0.116. The zero-order chi connectivity index (χ0) is 13.8. The summed E-state index contributed by atoms with van der Waals surface area (Å²) < 4.78 is 11.2. The summed E-state index contributed by atoms with van der Waals surface area (Å²) in [5.74, 6) is 1.28. The van der Waals surface area contributed by atoms with E-state index in [4.69, 9.17) is 9.47 Å². The SMILES string of the molecule is Cc1cc(OC(C)C)nc(NC2CCOC(C)C2)n1. The number of anilines is 1. The summed E-state index contributed by atoms with van der Waals surface area (Å²) >= 11 is 0. The van der Waals surface area contributed by atoms with Gasteiger partial charge in [0.2, 0.25) is 11.8 Å². The van der Waals surface area contributed by atoms with Crippen molar-refractivity contribution in [2.75, 3.05) is 11.9 Å². The van der Waals surface area contributed by atoms with Crippen molar-refractivity contribution in [3.8, 4) is 5.88 Å². The molecule has 2 unspecified atom stereocenters. The monoisotopic (exact) mass is 265 g/mol. The Bertz CT molecular complexity index is 423. The number of ether oxygens (including phenoxy) is 2. The van der Waals surface area contributed by atoms with Crippen LogP contribution in [-0.2, 0) is 4.74 Å². The number of nitrogens with one attached hydrogen (secondary N) is 1. The van der Waals surface area contributed by atoms with Gasteiger partial charge in [-0.3, -0.25) is 0 Å². The highest BCUT2D eigenvalue weighted by molar-refractivity contribution is 5.32. The average molecular weight is 265 g/mol. The highest BCUT2D eigenvalue weighted by Gasteiger charge is 2.20. The normalized spacial score (nSPS) is 23.4. The van der Waals surface area contributed by atoms with Crippen LogP contribution in [0.1, 0.15) is 39.3 Å². The van der Waals surface area contributed by atoms with Gasteiger partial charge in [-0.05, 0) is 40.5 Å². The molecular weight excluding hydrogens is 242 g/mol. The Morgan fingerprint density at radius 2 is 2.21 bits per heavy atom. The Balaban J connectivity index is 2.04. The van der Waals surface area contributed by atoms with E-state index < -0.39 is 0 Å². The molecule has 0 spiro atoms. The molecule has 0 aromatic carbocycles. The number of aromatic nitrogens is 2. The Labute approximate surface area is 114 Å². The number of hydrogen-bond acceptors (Lipinski definition) is 5. The molecule has 1 saturated heterocycles. The predicted molar refractivity (Wildman–Crippen MR) is 74.6 cm³/mol. The molecule has 2 rings (SSSR count). The lowest BCUT2D eigenvalue weighted by atomic mass is 10.0. The Kier molecular flexibility index (Phi) is 4.58. The lowest BCUT2D eigenvalue weighted by Gasteiger charge is -2.28. The van der Waals surface area contributed by atoms with E-state index >= 15 is 0 Å². The van der Waals surface area contributed by atoms with E-state index in [-0.39, 0.29) is 6.10 Å². The molecule has 1 N–H and O–H groups in total. The lowest BCUT2D eigenvalue weighted by molar-refractivity contribution is 0.0231. The van der Waals surface area contributed by atoms with E-state index in [1.54, 1.807) is 0 Å².